The Hall–Kier alpha value is -3.06. The van der Waals surface area contributed by atoms with Gasteiger partial charge in [-0.1, -0.05) is 18.2 Å². The van der Waals surface area contributed by atoms with Crippen molar-refractivity contribution in [1.29, 1.82) is 0 Å². The van der Waals surface area contributed by atoms with E-state index >= 15 is 0 Å². The molecule has 0 saturated heterocycles. The van der Waals surface area contributed by atoms with Crippen molar-refractivity contribution in [3.8, 4) is 5.75 Å². The van der Waals surface area contributed by atoms with Crippen molar-refractivity contribution < 1.29 is 52.5 Å². The van der Waals surface area contributed by atoms with E-state index in [4.69, 9.17) is 14.2 Å². The number of thioether (sulfide) groups is 2. The molecule has 1 atom stereocenters. The fourth-order valence-electron chi connectivity index (χ4n) is 2.19. The first kappa shape index (κ1) is 30.0. The Bertz CT molecular complexity index is 915. The second-order valence-electron chi connectivity index (χ2n) is 7.28. The Morgan fingerprint density at radius 3 is 1.91 bits per heavy atom. The van der Waals surface area contributed by atoms with E-state index in [2.05, 4.69) is 9.47 Å². The number of carbonyl (C=O) groups is 6. The minimum absolute atomic E-state index is 0.173. The predicted octanol–water partition coefficient (Wildman–Crippen LogP) is 3.73. The van der Waals surface area contributed by atoms with Gasteiger partial charge in [0.05, 0.1) is 10.7 Å². The Balaban J connectivity index is 2.80. The van der Waals surface area contributed by atoms with E-state index in [1.807, 2.05) is 0 Å². The highest BCUT2D eigenvalue weighted by atomic mass is 32.2. The fraction of sp³-hybridized carbons (Fsp3) is 0.455. The van der Waals surface area contributed by atoms with Gasteiger partial charge in [0.25, 0.3) is 0 Å². The van der Waals surface area contributed by atoms with Crippen LogP contribution in [0, 0.1) is 5.92 Å². The maximum Gasteiger partial charge on any atom is 0.371 e. The smallest absolute Gasteiger partial charge is 0.371 e. The summed E-state index contributed by atoms with van der Waals surface area (Å²) < 4.78 is 22.5. The SMILES string of the molecule is CC(=O)OCOC(=O)SC[C@H](CC(=O)C(C)(C)SC(=O)OCOC(C)=O)C(=O)Oc1ccccc1. The number of para-hydroxylation sites is 1. The van der Waals surface area contributed by atoms with Gasteiger partial charge in [-0.05, 0) is 49.5 Å². The molecule has 13 heteroatoms. The Morgan fingerprint density at radius 2 is 1.37 bits per heavy atom. The van der Waals surface area contributed by atoms with Gasteiger partial charge < -0.3 is 23.7 Å². The summed E-state index contributed by atoms with van der Waals surface area (Å²) >= 11 is 1.16. The summed E-state index contributed by atoms with van der Waals surface area (Å²) in [7, 11) is 0. The molecular formula is C22H26O11S2. The molecule has 0 fully saturated rings. The molecule has 192 valence electrons. The van der Waals surface area contributed by atoms with Gasteiger partial charge in [-0.3, -0.25) is 19.2 Å². The standard InChI is InChI=1S/C22H26O11S2/c1-14(23)29-12-31-20(27)34-11-16(19(26)33-17-8-6-5-7-9-17)10-18(25)22(3,4)35-21(28)32-13-30-15(2)24/h5-9,16H,10-13H2,1-4H3/t16-/m0/s1. The van der Waals surface area contributed by atoms with Gasteiger partial charge in [0.1, 0.15) is 11.5 Å². The van der Waals surface area contributed by atoms with E-state index in [9.17, 15) is 28.8 Å². The lowest BCUT2D eigenvalue weighted by molar-refractivity contribution is -0.149. The van der Waals surface area contributed by atoms with Crippen LogP contribution in [0.5, 0.6) is 5.75 Å². The Labute approximate surface area is 210 Å². The molecule has 0 bridgehead atoms. The van der Waals surface area contributed by atoms with Crippen LogP contribution in [0.3, 0.4) is 0 Å². The lowest BCUT2D eigenvalue weighted by atomic mass is 9.97. The van der Waals surface area contributed by atoms with E-state index in [1.165, 1.54) is 13.8 Å². The summed E-state index contributed by atoms with van der Waals surface area (Å²) in [4.78, 5) is 71.1. The average Bonchev–Trinajstić information content (AvgIpc) is 2.76. The van der Waals surface area contributed by atoms with E-state index in [-0.39, 0.29) is 17.9 Å². The molecular weight excluding hydrogens is 504 g/mol. The van der Waals surface area contributed by atoms with E-state index in [0.29, 0.717) is 23.5 Å². The number of Topliss-reactive ketones (excluding diaryl/α,β-unsaturated/α-hetero) is 1. The molecule has 0 aromatic heterocycles. The zero-order chi connectivity index (χ0) is 26.4. The summed E-state index contributed by atoms with van der Waals surface area (Å²) in [5.74, 6) is -3.51. The highest BCUT2D eigenvalue weighted by Gasteiger charge is 2.36. The minimum atomic E-state index is -1.31. The van der Waals surface area contributed by atoms with Crippen LogP contribution in [-0.2, 0) is 38.1 Å². The van der Waals surface area contributed by atoms with Crippen molar-refractivity contribution in [2.75, 3.05) is 19.3 Å². The van der Waals surface area contributed by atoms with Crippen LogP contribution in [0.15, 0.2) is 30.3 Å². The number of benzene rings is 1. The molecule has 35 heavy (non-hydrogen) atoms. The second kappa shape index (κ2) is 15.0. The average molecular weight is 531 g/mol. The normalized spacial score (nSPS) is 11.5. The highest BCUT2D eigenvalue weighted by Crippen LogP contribution is 2.31. The lowest BCUT2D eigenvalue weighted by Crippen LogP contribution is -2.35. The number of hydrogen-bond acceptors (Lipinski definition) is 13. The molecule has 0 saturated carbocycles. The van der Waals surface area contributed by atoms with Crippen molar-refractivity contribution in [3.63, 3.8) is 0 Å². The van der Waals surface area contributed by atoms with Crippen molar-refractivity contribution in [2.45, 2.75) is 38.9 Å². The number of rotatable bonds is 12. The molecule has 1 aromatic carbocycles. The first-order valence-corrected chi connectivity index (χ1v) is 11.9. The zero-order valence-corrected chi connectivity index (χ0v) is 21.2. The summed E-state index contributed by atoms with van der Waals surface area (Å²) in [5, 5.41) is -1.67. The van der Waals surface area contributed by atoms with Crippen LogP contribution in [0.4, 0.5) is 9.59 Å². The molecule has 0 aliphatic rings. The number of ketones is 1. The van der Waals surface area contributed by atoms with Crippen molar-refractivity contribution in [3.05, 3.63) is 30.3 Å². The third-order valence-electron chi connectivity index (χ3n) is 4.02. The van der Waals surface area contributed by atoms with E-state index in [0.717, 1.165) is 13.8 Å². The van der Waals surface area contributed by atoms with Crippen molar-refractivity contribution >= 4 is 57.8 Å². The van der Waals surface area contributed by atoms with Gasteiger partial charge >= 0.3 is 28.5 Å². The molecule has 0 aliphatic heterocycles. The third-order valence-corrected chi connectivity index (χ3v) is 5.96. The molecule has 0 heterocycles. The van der Waals surface area contributed by atoms with Crippen LogP contribution < -0.4 is 4.74 Å². The van der Waals surface area contributed by atoms with Gasteiger partial charge in [-0.25, -0.2) is 9.59 Å². The van der Waals surface area contributed by atoms with Gasteiger partial charge in [0, 0.05) is 26.0 Å². The topological polar surface area (TPSA) is 149 Å². The highest BCUT2D eigenvalue weighted by molar-refractivity contribution is 8.15. The monoisotopic (exact) mass is 530 g/mol. The Kier molecular flexibility index (Phi) is 12.9. The largest absolute Gasteiger partial charge is 0.428 e. The maximum atomic E-state index is 12.9. The molecule has 0 aliphatic carbocycles. The van der Waals surface area contributed by atoms with Gasteiger partial charge in [0.15, 0.2) is 0 Å². The van der Waals surface area contributed by atoms with Crippen LogP contribution in [0.2, 0.25) is 0 Å². The molecule has 1 rings (SSSR count). The second-order valence-corrected chi connectivity index (χ2v) is 9.79. The molecule has 11 nitrogen and oxygen atoms in total. The van der Waals surface area contributed by atoms with Crippen LogP contribution in [-0.4, -0.2) is 58.4 Å². The van der Waals surface area contributed by atoms with Crippen LogP contribution >= 0.6 is 23.5 Å². The summed E-state index contributed by atoms with van der Waals surface area (Å²) in [6.45, 7) is 4.05. The number of ether oxygens (including phenoxy) is 5. The predicted molar refractivity (Wildman–Crippen MR) is 126 cm³/mol. The van der Waals surface area contributed by atoms with Crippen molar-refractivity contribution in [1.82, 2.24) is 0 Å². The van der Waals surface area contributed by atoms with E-state index < -0.39 is 58.5 Å². The summed E-state index contributed by atoms with van der Waals surface area (Å²) in [6.07, 6.45) is -0.354. The Morgan fingerprint density at radius 1 is 0.829 bits per heavy atom. The molecule has 0 spiro atoms. The van der Waals surface area contributed by atoms with E-state index in [1.54, 1.807) is 30.3 Å². The molecule has 0 N–H and O–H groups in total. The summed E-state index contributed by atoms with van der Waals surface area (Å²) in [6, 6.07) is 8.15. The number of hydrogen-bond donors (Lipinski definition) is 0. The maximum absolute atomic E-state index is 12.9. The zero-order valence-electron chi connectivity index (χ0n) is 19.6. The number of carbonyl (C=O) groups excluding carboxylic acids is 6. The minimum Gasteiger partial charge on any atom is -0.428 e. The third kappa shape index (κ3) is 12.8. The van der Waals surface area contributed by atoms with Crippen LogP contribution in [0.25, 0.3) is 0 Å². The van der Waals surface area contributed by atoms with Crippen LogP contribution in [0.1, 0.15) is 34.1 Å². The van der Waals surface area contributed by atoms with Gasteiger partial charge in [-0.15, -0.1) is 0 Å². The van der Waals surface area contributed by atoms with Gasteiger partial charge in [0.2, 0.25) is 13.6 Å². The molecule has 0 radical (unpaired) electrons. The van der Waals surface area contributed by atoms with Gasteiger partial charge in [-0.2, -0.15) is 0 Å². The molecule has 0 amide bonds. The molecule has 1 aromatic rings. The first-order valence-electron chi connectivity index (χ1n) is 10.1. The van der Waals surface area contributed by atoms with Crippen molar-refractivity contribution in [2.24, 2.45) is 5.92 Å². The quantitative estimate of drug-likeness (QED) is 0.220. The first-order chi connectivity index (χ1) is 16.4. The molecule has 0 unspecified atom stereocenters. The summed E-state index contributed by atoms with van der Waals surface area (Å²) in [5.41, 5.74) is 0. The fourth-order valence-corrected chi connectivity index (χ4v) is 3.64. The lowest BCUT2D eigenvalue weighted by Gasteiger charge is -2.23. The number of esters is 3.